The number of rotatable bonds is 85. The number of aliphatic hydroxyl groups excluding tert-OH is 2. The van der Waals surface area contributed by atoms with Gasteiger partial charge in [-0.2, -0.15) is 0 Å². The molecule has 0 radical (unpaired) electrons. The van der Waals surface area contributed by atoms with Crippen molar-refractivity contribution in [1.29, 1.82) is 0 Å². The van der Waals surface area contributed by atoms with Crippen LogP contribution in [0.15, 0.2) is 146 Å². The largest absolute Gasteiger partial charge is 0.472 e. The van der Waals surface area contributed by atoms with Crippen molar-refractivity contribution < 1.29 is 75.8 Å². The zero-order valence-corrected chi connectivity index (χ0v) is 73.3. The van der Waals surface area contributed by atoms with Crippen molar-refractivity contribution in [3.05, 3.63) is 146 Å². The molecule has 0 heterocycles. The van der Waals surface area contributed by atoms with Gasteiger partial charge < -0.3 is 34.2 Å². The first kappa shape index (κ1) is 108. The smallest absolute Gasteiger partial charge is 0.463 e. The Balaban J connectivity index is 4.47. The first-order chi connectivity index (χ1) is 55.2. The number of ether oxygens (including phenoxy) is 3. The van der Waals surface area contributed by atoms with Gasteiger partial charge in [0.15, 0.2) is 6.10 Å². The van der Waals surface area contributed by atoms with E-state index < -0.39 is 91.5 Å². The van der Waals surface area contributed by atoms with E-state index >= 15 is 0 Å². The fourth-order valence-corrected chi connectivity index (χ4v) is 13.8. The summed E-state index contributed by atoms with van der Waals surface area (Å²) in [6.45, 7) is 2.45. The molecule has 0 bridgehead atoms. The molecule has 5 unspecified atom stereocenters. The Morgan fingerprint density at radius 1 is 0.257 bits per heavy atom. The first-order valence-electron chi connectivity index (χ1n) is 45.1. The van der Waals surface area contributed by atoms with Crippen LogP contribution in [0, 0.1) is 0 Å². The van der Waals surface area contributed by atoms with Gasteiger partial charge in [0.1, 0.15) is 25.4 Å². The standard InChI is InChI=1S/C95H164O16P2/c1-4-7-10-13-16-19-22-25-28-30-32-34-36-38-40-42-44-46-48-50-52-54-56-58-61-63-66-69-72-75-78-81-93(98)105-84-90(96)85-107-112(101,102)108-86-91(97)87-109-113(103,104)110-89-92(111-95(100)83-80-77-74-71-68-65-60-27-24-21-18-15-12-9-6-3)88-106-94(99)82-79-76-73-70-67-64-62-59-57-55-53-51-49-47-45-43-41-39-37-35-33-31-29-26-23-20-17-14-11-8-5-2/h7,9-10,12,16-21,25-29,32-35,38-41,60,90-92,96-97H,4-6,8,11,13-15,22-24,30-31,36-37,42-59,61-89H2,1-3H3,(H,101,102)(H,103,104)/b10-7-,12-9-,19-16-,20-17-,21-18-,28-25-,29-26-,34-32-,35-33-,40-38-,41-39-,60-27-. The van der Waals surface area contributed by atoms with Crippen molar-refractivity contribution in [3.63, 3.8) is 0 Å². The molecule has 0 aromatic heterocycles. The van der Waals surface area contributed by atoms with Crippen molar-refractivity contribution >= 4 is 33.6 Å². The van der Waals surface area contributed by atoms with Crippen LogP contribution in [0.2, 0.25) is 0 Å². The third-order valence-electron chi connectivity index (χ3n) is 19.0. The van der Waals surface area contributed by atoms with Crippen LogP contribution in [0.1, 0.15) is 380 Å². The van der Waals surface area contributed by atoms with Crippen molar-refractivity contribution in [2.75, 3.05) is 39.6 Å². The summed E-state index contributed by atoms with van der Waals surface area (Å²) < 4.78 is 61.4. The lowest BCUT2D eigenvalue weighted by atomic mass is 10.0. The third kappa shape index (κ3) is 88.1. The zero-order valence-electron chi connectivity index (χ0n) is 71.5. The second kappa shape index (κ2) is 86.8. The topological polar surface area (TPSA) is 231 Å². The van der Waals surface area contributed by atoms with Gasteiger partial charge in [-0.15, -0.1) is 0 Å². The second-order valence-corrected chi connectivity index (χ2v) is 32.9. The number of hydrogen-bond donors (Lipinski definition) is 4. The Labute approximate surface area is 689 Å². The molecule has 0 spiro atoms. The molecule has 0 aromatic carbocycles. The number of unbranched alkanes of at least 4 members (excludes halogenated alkanes) is 38. The van der Waals surface area contributed by atoms with Crippen LogP contribution in [0.3, 0.4) is 0 Å². The van der Waals surface area contributed by atoms with Crippen molar-refractivity contribution in [3.8, 4) is 0 Å². The van der Waals surface area contributed by atoms with Crippen LogP contribution >= 0.6 is 15.6 Å². The number of hydrogen-bond acceptors (Lipinski definition) is 14. The summed E-state index contributed by atoms with van der Waals surface area (Å²) in [6, 6.07) is 0. The molecule has 0 aliphatic carbocycles. The summed E-state index contributed by atoms with van der Waals surface area (Å²) in [5, 5.41) is 20.7. The Hall–Kier alpha value is -4.57. The summed E-state index contributed by atoms with van der Waals surface area (Å²) in [4.78, 5) is 58.9. The summed E-state index contributed by atoms with van der Waals surface area (Å²) >= 11 is 0. The van der Waals surface area contributed by atoms with Crippen LogP contribution in [0.4, 0.5) is 0 Å². The highest BCUT2D eigenvalue weighted by molar-refractivity contribution is 7.47. The molecule has 0 aliphatic rings. The van der Waals surface area contributed by atoms with Gasteiger partial charge >= 0.3 is 33.6 Å². The van der Waals surface area contributed by atoms with Crippen LogP contribution < -0.4 is 0 Å². The van der Waals surface area contributed by atoms with Gasteiger partial charge in [0.25, 0.3) is 0 Å². The fourth-order valence-electron chi connectivity index (χ4n) is 12.2. The van der Waals surface area contributed by atoms with E-state index in [1.54, 1.807) is 0 Å². The van der Waals surface area contributed by atoms with E-state index in [4.69, 9.17) is 32.3 Å². The SMILES string of the molecule is CC/C=C\C/C=C\C/C=C\C/C=C\C/C=C\CCCCCCCCCCCCCCCCCC(=O)OCC(O)COP(=O)(O)OCC(O)COP(=O)(O)OCC(COC(=O)CCCCCCCCCCCCCCCCC/C=C\C/C=C\C/C=C\C/C=C\CCCCC)OC(=O)CCCCCCC/C=C\C/C=C\C/C=C\CC. The number of esters is 3. The van der Waals surface area contributed by atoms with E-state index in [2.05, 4.69) is 167 Å². The molecule has 0 saturated heterocycles. The molecule has 0 aliphatic heterocycles. The number of phosphoric ester groups is 2. The predicted molar refractivity (Wildman–Crippen MR) is 473 cm³/mol. The van der Waals surface area contributed by atoms with Crippen molar-refractivity contribution in [1.82, 2.24) is 0 Å². The van der Waals surface area contributed by atoms with Crippen molar-refractivity contribution in [2.45, 2.75) is 399 Å². The van der Waals surface area contributed by atoms with Crippen LogP contribution in [-0.2, 0) is 55.8 Å². The molecular formula is C95H164O16P2. The Morgan fingerprint density at radius 2 is 0.469 bits per heavy atom. The second-order valence-electron chi connectivity index (χ2n) is 30.0. The number of aliphatic hydroxyl groups is 2. The quantitative estimate of drug-likeness (QED) is 0.0146. The van der Waals surface area contributed by atoms with Crippen molar-refractivity contribution in [2.24, 2.45) is 0 Å². The fraction of sp³-hybridized carbons (Fsp3) is 0.716. The average Bonchev–Trinajstić information content (AvgIpc) is 0.903. The normalized spacial score (nSPS) is 14.5. The Morgan fingerprint density at radius 3 is 0.743 bits per heavy atom. The molecule has 0 aromatic rings. The van der Waals surface area contributed by atoms with Crippen LogP contribution in [-0.4, -0.2) is 95.9 Å². The van der Waals surface area contributed by atoms with Gasteiger partial charge in [0.05, 0.1) is 26.4 Å². The lowest BCUT2D eigenvalue weighted by Gasteiger charge is -2.21. The third-order valence-corrected chi connectivity index (χ3v) is 20.9. The maximum absolute atomic E-state index is 13.0. The lowest BCUT2D eigenvalue weighted by molar-refractivity contribution is -0.161. The molecule has 5 atom stereocenters. The first-order valence-corrected chi connectivity index (χ1v) is 48.1. The van der Waals surface area contributed by atoms with Gasteiger partial charge in [0, 0.05) is 19.3 Å². The lowest BCUT2D eigenvalue weighted by Crippen LogP contribution is -2.30. The van der Waals surface area contributed by atoms with Crippen LogP contribution in [0.25, 0.3) is 0 Å². The van der Waals surface area contributed by atoms with Crippen LogP contribution in [0.5, 0.6) is 0 Å². The van der Waals surface area contributed by atoms with Gasteiger partial charge in [0.2, 0.25) is 0 Å². The Kier molecular flexibility index (Phi) is 83.3. The van der Waals surface area contributed by atoms with E-state index in [0.29, 0.717) is 19.3 Å². The minimum atomic E-state index is -4.94. The van der Waals surface area contributed by atoms with Gasteiger partial charge in [-0.3, -0.25) is 32.5 Å². The van der Waals surface area contributed by atoms with E-state index in [-0.39, 0.29) is 19.3 Å². The highest BCUT2D eigenvalue weighted by atomic mass is 31.2. The number of carbonyl (C=O) groups excluding carboxylic acids is 3. The monoisotopic (exact) mass is 1620 g/mol. The molecular weight excluding hydrogens is 1460 g/mol. The highest BCUT2D eigenvalue weighted by Crippen LogP contribution is 2.45. The van der Waals surface area contributed by atoms with E-state index in [1.807, 2.05) is 0 Å². The number of allylic oxidation sites excluding steroid dienone is 24. The molecule has 18 heteroatoms. The molecule has 0 saturated carbocycles. The summed E-state index contributed by atoms with van der Waals surface area (Å²) in [6.07, 6.45) is 109. The maximum Gasteiger partial charge on any atom is 0.472 e. The number of carbonyl (C=O) groups is 3. The highest BCUT2D eigenvalue weighted by Gasteiger charge is 2.29. The van der Waals surface area contributed by atoms with E-state index in [9.17, 15) is 43.5 Å². The molecule has 0 rings (SSSR count). The zero-order chi connectivity index (χ0) is 82.2. The molecule has 16 nitrogen and oxygen atoms in total. The van der Waals surface area contributed by atoms with Gasteiger partial charge in [-0.05, 0) is 141 Å². The molecule has 0 amide bonds. The van der Waals surface area contributed by atoms with E-state index in [1.165, 1.54) is 180 Å². The van der Waals surface area contributed by atoms with E-state index in [0.717, 1.165) is 141 Å². The molecule has 113 heavy (non-hydrogen) atoms. The summed E-state index contributed by atoms with van der Waals surface area (Å²) in [7, 11) is -9.81. The predicted octanol–water partition coefficient (Wildman–Crippen LogP) is 27.6. The Bertz CT molecular complexity index is 2630. The summed E-state index contributed by atoms with van der Waals surface area (Å²) in [5.74, 6) is -1.58. The minimum Gasteiger partial charge on any atom is -0.463 e. The number of phosphoric acid groups is 2. The molecule has 4 N–H and O–H groups in total. The van der Waals surface area contributed by atoms with Gasteiger partial charge in [-0.25, -0.2) is 9.13 Å². The molecule has 650 valence electrons. The average molecular weight is 1620 g/mol. The maximum atomic E-state index is 13.0. The molecule has 0 fully saturated rings. The summed E-state index contributed by atoms with van der Waals surface area (Å²) in [5.41, 5.74) is 0. The van der Waals surface area contributed by atoms with Gasteiger partial charge in [-0.1, -0.05) is 366 Å². The minimum absolute atomic E-state index is 0.0839.